The smallest absolute Gasteiger partial charge is 0.191 e. The van der Waals surface area contributed by atoms with E-state index in [0.29, 0.717) is 6.54 Å². The quantitative estimate of drug-likeness (QED) is 0.203. The van der Waals surface area contributed by atoms with Crippen LogP contribution in [0.2, 0.25) is 0 Å². The first kappa shape index (κ1) is 26.1. The molecule has 9 heteroatoms. The molecule has 3 aromatic rings. The maximum atomic E-state index is 5.47. The highest BCUT2D eigenvalue weighted by molar-refractivity contribution is 14.0. The zero-order valence-electron chi connectivity index (χ0n) is 19.0. The number of nitrogens with one attached hydrogen (secondary N) is 2. The van der Waals surface area contributed by atoms with Crippen molar-refractivity contribution in [2.75, 3.05) is 20.2 Å². The summed E-state index contributed by atoms with van der Waals surface area (Å²) in [6, 6.07) is 12.6. The maximum Gasteiger partial charge on any atom is 0.191 e. The first-order chi connectivity index (χ1) is 15.2. The topological polar surface area (TPSA) is 76.4 Å². The SMILES string of the molecule is CCc1nncn1CCNC(=NCCc1ccccc1OC)NC(CC)c1cccs1.I. The van der Waals surface area contributed by atoms with Gasteiger partial charge in [0.25, 0.3) is 0 Å². The molecule has 0 fully saturated rings. The van der Waals surface area contributed by atoms with Crippen molar-refractivity contribution in [2.45, 2.75) is 45.7 Å². The molecule has 32 heavy (non-hydrogen) atoms. The van der Waals surface area contributed by atoms with Gasteiger partial charge >= 0.3 is 0 Å². The van der Waals surface area contributed by atoms with Crippen molar-refractivity contribution in [2.24, 2.45) is 4.99 Å². The number of benzene rings is 1. The van der Waals surface area contributed by atoms with Crippen molar-refractivity contribution < 1.29 is 4.74 Å². The molecule has 3 rings (SSSR count). The Bertz CT molecular complexity index is 944. The number of hydrogen-bond donors (Lipinski definition) is 2. The zero-order valence-corrected chi connectivity index (χ0v) is 22.1. The van der Waals surface area contributed by atoms with Crippen LogP contribution >= 0.6 is 35.3 Å². The van der Waals surface area contributed by atoms with Crippen LogP contribution in [0.4, 0.5) is 0 Å². The normalized spacial score (nSPS) is 12.2. The van der Waals surface area contributed by atoms with Gasteiger partial charge in [-0.05, 0) is 35.9 Å². The molecule has 0 bridgehead atoms. The molecule has 0 radical (unpaired) electrons. The van der Waals surface area contributed by atoms with Gasteiger partial charge in [-0.25, -0.2) is 0 Å². The number of hydrogen-bond acceptors (Lipinski definition) is 5. The second kappa shape index (κ2) is 14.1. The average molecular weight is 569 g/mol. The Kier molecular flexibility index (Phi) is 11.5. The third kappa shape index (κ3) is 7.47. The second-order valence-corrected chi connectivity index (χ2v) is 8.11. The molecule has 0 saturated carbocycles. The van der Waals surface area contributed by atoms with E-state index in [-0.39, 0.29) is 30.0 Å². The standard InChI is InChI=1S/C23H32N6OS.HI/c1-4-19(21-11-8-16-31-21)27-23(25-14-15-29-17-26-28-22(29)5-2)24-13-12-18-9-6-7-10-20(18)30-3;/h6-11,16-17,19H,4-5,12-15H2,1-3H3,(H2,24,25,27);1H. The molecule has 1 atom stereocenters. The number of aliphatic imine (C=N–C) groups is 1. The molecule has 0 aliphatic rings. The molecule has 2 N–H and O–H groups in total. The largest absolute Gasteiger partial charge is 0.496 e. The van der Waals surface area contributed by atoms with Gasteiger partial charge in [-0.15, -0.1) is 45.5 Å². The predicted molar refractivity (Wildman–Crippen MR) is 142 cm³/mol. The van der Waals surface area contributed by atoms with Gasteiger partial charge in [0.15, 0.2) is 5.96 Å². The van der Waals surface area contributed by atoms with E-state index in [0.717, 1.165) is 55.4 Å². The van der Waals surface area contributed by atoms with Crippen LogP contribution in [0.15, 0.2) is 53.1 Å². The van der Waals surface area contributed by atoms with E-state index >= 15 is 0 Å². The van der Waals surface area contributed by atoms with Crippen LogP contribution in [-0.4, -0.2) is 40.9 Å². The minimum Gasteiger partial charge on any atom is -0.496 e. The minimum absolute atomic E-state index is 0. The number of thiophene rings is 1. The molecule has 1 aromatic carbocycles. The molecule has 0 amide bonds. The van der Waals surface area contributed by atoms with Crippen LogP contribution in [0.1, 0.15) is 42.6 Å². The summed E-state index contributed by atoms with van der Waals surface area (Å²) in [5.41, 5.74) is 1.16. The number of rotatable bonds is 11. The summed E-state index contributed by atoms with van der Waals surface area (Å²) in [4.78, 5) is 6.17. The first-order valence-electron chi connectivity index (χ1n) is 10.8. The summed E-state index contributed by atoms with van der Waals surface area (Å²) >= 11 is 1.77. The summed E-state index contributed by atoms with van der Waals surface area (Å²) in [6.07, 6.45) is 4.46. The van der Waals surface area contributed by atoms with Crippen molar-refractivity contribution in [3.8, 4) is 5.75 Å². The third-order valence-electron chi connectivity index (χ3n) is 5.11. The Morgan fingerprint density at radius 2 is 2.06 bits per heavy atom. The highest BCUT2D eigenvalue weighted by atomic mass is 127. The molecule has 0 saturated heterocycles. The Morgan fingerprint density at radius 3 is 2.78 bits per heavy atom. The van der Waals surface area contributed by atoms with Crippen molar-refractivity contribution >= 4 is 41.3 Å². The summed E-state index contributed by atoms with van der Waals surface area (Å²) < 4.78 is 7.55. The van der Waals surface area contributed by atoms with Crippen molar-refractivity contribution in [3.63, 3.8) is 0 Å². The summed E-state index contributed by atoms with van der Waals surface area (Å²) in [7, 11) is 1.71. The monoisotopic (exact) mass is 568 g/mol. The lowest BCUT2D eigenvalue weighted by Crippen LogP contribution is -2.41. The van der Waals surface area contributed by atoms with Crippen LogP contribution in [0.3, 0.4) is 0 Å². The molecular formula is C23H33IN6OS. The van der Waals surface area contributed by atoms with Gasteiger partial charge in [-0.1, -0.05) is 38.1 Å². The van der Waals surface area contributed by atoms with Gasteiger partial charge in [0.2, 0.25) is 0 Å². The van der Waals surface area contributed by atoms with Crippen LogP contribution in [0.25, 0.3) is 0 Å². The molecule has 2 aromatic heterocycles. The van der Waals surface area contributed by atoms with Gasteiger partial charge in [0.05, 0.1) is 13.2 Å². The lowest BCUT2D eigenvalue weighted by atomic mass is 10.1. The summed E-state index contributed by atoms with van der Waals surface area (Å²) in [6.45, 7) is 6.48. The molecule has 0 aliphatic heterocycles. The number of para-hydroxylation sites is 1. The van der Waals surface area contributed by atoms with Crippen molar-refractivity contribution in [1.82, 2.24) is 25.4 Å². The average Bonchev–Trinajstić information content (AvgIpc) is 3.49. The van der Waals surface area contributed by atoms with E-state index in [1.807, 2.05) is 18.2 Å². The van der Waals surface area contributed by atoms with E-state index in [1.165, 1.54) is 4.88 Å². The van der Waals surface area contributed by atoms with Gasteiger partial charge in [0.1, 0.15) is 17.9 Å². The zero-order chi connectivity index (χ0) is 21.9. The third-order valence-corrected chi connectivity index (χ3v) is 6.09. The Morgan fingerprint density at radius 1 is 1.22 bits per heavy atom. The molecule has 1 unspecified atom stereocenters. The molecule has 2 heterocycles. The highest BCUT2D eigenvalue weighted by Crippen LogP contribution is 2.21. The number of guanidine groups is 1. The first-order valence-corrected chi connectivity index (χ1v) is 11.7. The van der Waals surface area contributed by atoms with E-state index < -0.39 is 0 Å². The Labute approximate surface area is 211 Å². The Balaban J connectivity index is 0.00000363. The molecular weight excluding hydrogens is 535 g/mol. The van der Waals surface area contributed by atoms with E-state index in [4.69, 9.17) is 9.73 Å². The predicted octanol–water partition coefficient (Wildman–Crippen LogP) is 4.46. The second-order valence-electron chi connectivity index (χ2n) is 7.13. The summed E-state index contributed by atoms with van der Waals surface area (Å²) in [5.74, 6) is 2.72. The van der Waals surface area contributed by atoms with Crippen LogP contribution in [0.5, 0.6) is 5.75 Å². The Hall–Kier alpha value is -2.14. The maximum absolute atomic E-state index is 5.47. The van der Waals surface area contributed by atoms with E-state index in [1.54, 1.807) is 24.8 Å². The number of methoxy groups -OCH3 is 1. The van der Waals surface area contributed by atoms with E-state index in [2.05, 4.69) is 62.8 Å². The van der Waals surface area contributed by atoms with Crippen molar-refractivity contribution in [3.05, 3.63) is 64.4 Å². The van der Waals surface area contributed by atoms with Gasteiger partial charge in [-0.3, -0.25) is 4.99 Å². The number of aromatic nitrogens is 3. The van der Waals surface area contributed by atoms with Crippen LogP contribution < -0.4 is 15.4 Å². The molecule has 7 nitrogen and oxygen atoms in total. The molecule has 0 aliphatic carbocycles. The van der Waals surface area contributed by atoms with Gasteiger partial charge in [-0.2, -0.15) is 0 Å². The lowest BCUT2D eigenvalue weighted by molar-refractivity contribution is 0.410. The lowest BCUT2D eigenvalue weighted by Gasteiger charge is -2.20. The molecule has 174 valence electrons. The molecule has 0 spiro atoms. The number of aryl methyl sites for hydroxylation is 1. The van der Waals surface area contributed by atoms with E-state index in [9.17, 15) is 0 Å². The van der Waals surface area contributed by atoms with Crippen LogP contribution in [-0.2, 0) is 19.4 Å². The minimum atomic E-state index is 0. The number of nitrogens with zero attached hydrogens (tertiary/aromatic N) is 4. The fourth-order valence-corrected chi connectivity index (χ4v) is 4.27. The van der Waals surface area contributed by atoms with Crippen LogP contribution in [0, 0.1) is 0 Å². The fraction of sp³-hybridized carbons (Fsp3) is 0.435. The number of halogens is 1. The summed E-state index contributed by atoms with van der Waals surface area (Å²) in [5, 5.41) is 17.4. The van der Waals surface area contributed by atoms with Crippen molar-refractivity contribution in [1.29, 1.82) is 0 Å². The van der Waals surface area contributed by atoms with Gasteiger partial charge in [0, 0.05) is 30.9 Å². The highest BCUT2D eigenvalue weighted by Gasteiger charge is 2.13. The number of ether oxygens (including phenoxy) is 1. The van der Waals surface area contributed by atoms with Gasteiger partial charge < -0.3 is 19.9 Å². The fourth-order valence-electron chi connectivity index (χ4n) is 3.41.